The topological polar surface area (TPSA) is 101 Å². The lowest BCUT2D eigenvalue weighted by atomic mass is 10.1. The summed E-state index contributed by atoms with van der Waals surface area (Å²) in [6.07, 6.45) is 0.708. The molecule has 1 aromatic carbocycles. The van der Waals surface area contributed by atoms with Crippen LogP contribution in [0.2, 0.25) is 0 Å². The third kappa shape index (κ3) is 3.80. The third-order valence-electron chi connectivity index (χ3n) is 2.74. The SMILES string of the molecule is CCCNC(=O)CS(=O)(=O)c1cccc(C(=O)O)c1C. The summed E-state index contributed by atoms with van der Waals surface area (Å²) < 4.78 is 24.3. The first-order chi connectivity index (χ1) is 9.29. The number of hydrogen-bond donors (Lipinski definition) is 2. The van der Waals surface area contributed by atoms with E-state index in [0.717, 1.165) is 0 Å². The van der Waals surface area contributed by atoms with Gasteiger partial charge in [-0.25, -0.2) is 13.2 Å². The molecule has 0 spiro atoms. The van der Waals surface area contributed by atoms with E-state index in [-0.39, 0.29) is 16.0 Å². The molecule has 0 unspecified atom stereocenters. The molecule has 0 radical (unpaired) electrons. The molecule has 20 heavy (non-hydrogen) atoms. The maximum Gasteiger partial charge on any atom is 0.335 e. The molecule has 110 valence electrons. The minimum Gasteiger partial charge on any atom is -0.478 e. The molecule has 1 amide bonds. The van der Waals surface area contributed by atoms with Crippen molar-refractivity contribution in [2.45, 2.75) is 25.2 Å². The molecule has 1 rings (SSSR count). The van der Waals surface area contributed by atoms with Gasteiger partial charge in [0.25, 0.3) is 0 Å². The standard InChI is InChI=1S/C13H17NO5S/c1-3-7-14-12(15)8-20(18,19)11-6-4-5-10(9(11)2)13(16)17/h4-6H,3,7-8H2,1-2H3,(H,14,15)(H,16,17). The normalized spacial score (nSPS) is 11.1. The Bertz CT molecular complexity index is 622. The van der Waals surface area contributed by atoms with Crippen LogP contribution in [0.4, 0.5) is 0 Å². The molecule has 0 saturated heterocycles. The predicted octanol–water partition coefficient (Wildman–Crippen LogP) is 0.993. The Morgan fingerprint density at radius 1 is 1.30 bits per heavy atom. The number of nitrogens with one attached hydrogen (secondary N) is 1. The molecule has 1 aromatic rings. The maximum atomic E-state index is 12.1. The van der Waals surface area contributed by atoms with Crippen LogP contribution in [-0.4, -0.2) is 37.7 Å². The molecule has 0 saturated carbocycles. The van der Waals surface area contributed by atoms with Crippen LogP contribution in [0.25, 0.3) is 0 Å². The zero-order valence-electron chi connectivity index (χ0n) is 11.3. The monoisotopic (exact) mass is 299 g/mol. The second-order valence-corrected chi connectivity index (χ2v) is 6.30. The average Bonchev–Trinajstić information content (AvgIpc) is 2.35. The van der Waals surface area contributed by atoms with Crippen molar-refractivity contribution < 1.29 is 23.1 Å². The van der Waals surface area contributed by atoms with E-state index in [1.807, 2.05) is 6.92 Å². The van der Waals surface area contributed by atoms with Gasteiger partial charge in [-0.1, -0.05) is 13.0 Å². The van der Waals surface area contributed by atoms with Crippen LogP contribution < -0.4 is 5.32 Å². The molecule has 6 nitrogen and oxygen atoms in total. The number of carboxylic acids is 1. The van der Waals surface area contributed by atoms with Gasteiger partial charge in [-0.3, -0.25) is 4.79 Å². The molecular weight excluding hydrogens is 282 g/mol. The fraction of sp³-hybridized carbons (Fsp3) is 0.385. The van der Waals surface area contributed by atoms with E-state index in [0.29, 0.717) is 13.0 Å². The van der Waals surface area contributed by atoms with E-state index in [9.17, 15) is 18.0 Å². The van der Waals surface area contributed by atoms with Gasteiger partial charge in [0, 0.05) is 6.54 Å². The van der Waals surface area contributed by atoms with E-state index in [4.69, 9.17) is 5.11 Å². The number of carbonyl (C=O) groups excluding carboxylic acids is 1. The van der Waals surface area contributed by atoms with Crippen molar-refractivity contribution in [3.63, 3.8) is 0 Å². The quantitative estimate of drug-likeness (QED) is 0.816. The summed E-state index contributed by atoms with van der Waals surface area (Å²) in [5, 5.41) is 11.5. The molecule has 0 aliphatic rings. The molecule has 0 atom stereocenters. The lowest BCUT2D eigenvalue weighted by Crippen LogP contribution is -2.31. The maximum absolute atomic E-state index is 12.1. The van der Waals surface area contributed by atoms with E-state index >= 15 is 0 Å². The van der Waals surface area contributed by atoms with Gasteiger partial charge in [0.2, 0.25) is 5.91 Å². The molecule has 0 aliphatic carbocycles. The molecule has 0 bridgehead atoms. The summed E-state index contributed by atoms with van der Waals surface area (Å²) >= 11 is 0. The number of amides is 1. The van der Waals surface area contributed by atoms with Crippen molar-refractivity contribution in [3.05, 3.63) is 29.3 Å². The van der Waals surface area contributed by atoms with Gasteiger partial charge in [0.15, 0.2) is 9.84 Å². The largest absolute Gasteiger partial charge is 0.478 e. The van der Waals surface area contributed by atoms with Crippen LogP contribution in [-0.2, 0) is 14.6 Å². The van der Waals surface area contributed by atoms with Crippen molar-refractivity contribution in [3.8, 4) is 0 Å². The first kappa shape index (κ1) is 16.2. The van der Waals surface area contributed by atoms with Gasteiger partial charge in [-0.05, 0) is 31.0 Å². The minimum atomic E-state index is -3.85. The molecule has 0 heterocycles. The number of rotatable bonds is 6. The fourth-order valence-electron chi connectivity index (χ4n) is 1.75. The van der Waals surface area contributed by atoms with E-state index in [1.54, 1.807) is 0 Å². The summed E-state index contributed by atoms with van der Waals surface area (Å²) in [5.74, 6) is -2.47. The van der Waals surface area contributed by atoms with Gasteiger partial charge >= 0.3 is 5.97 Å². The number of aromatic carboxylic acids is 1. The average molecular weight is 299 g/mol. The van der Waals surface area contributed by atoms with Gasteiger partial charge in [0.05, 0.1) is 10.5 Å². The third-order valence-corrected chi connectivity index (χ3v) is 4.50. The highest BCUT2D eigenvalue weighted by Crippen LogP contribution is 2.20. The zero-order chi connectivity index (χ0) is 15.3. The lowest BCUT2D eigenvalue weighted by molar-refractivity contribution is -0.118. The highest BCUT2D eigenvalue weighted by molar-refractivity contribution is 7.92. The first-order valence-electron chi connectivity index (χ1n) is 6.12. The van der Waals surface area contributed by atoms with Crippen molar-refractivity contribution in [2.75, 3.05) is 12.3 Å². The van der Waals surface area contributed by atoms with E-state index < -0.39 is 27.5 Å². The second-order valence-electron chi connectivity index (χ2n) is 4.34. The first-order valence-corrected chi connectivity index (χ1v) is 7.77. The van der Waals surface area contributed by atoms with Crippen LogP contribution in [0.5, 0.6) is 0 Å². The molecule has 0 aromatic heterocycles. The Kier molecular flexibility index (Phi) is 5.26. The number of benzene rings is 1. The summed E-state index contributed by atoms with van der Waals surface area (Å²) in [5.41, 5.74) is 0.0586. The Hall–Kier alpha value is -1.89. The second kappa shape index (κ2) is 6.51. The highest BCUT2D eigenvalue weighted by atomic mass is 32.2. The van der Waals surface area contributed by atoms with Crippen molar-refractivity contribution in [1.82, 2.24) is 5.32 Å². The number of hydrogen-bond acceptors (Lipinski definition) is 4. The molecule has 0 fully saturated rings. The van der Waals surface area contributed by atoms with Crippen LogP contribution in [0.1, 0.15) is 29.3 Å². The summed E-state index contributed by atoms with van der Waals surface area (Å²) in [6.45, 7) is 3.68. The number of carboxylic acid groups (broad SMARTS) is 1. The zero-order valence-corrected chi connectivity index (χ0v) is 12.2. The molecule has 7 heteroatoms. The van der Waals surface area contributed by atoms with Crippen LogP contribution >= 0.6 is 0 Å². The Morgan fingerprint density at radius 2 is 1.95 bits per heavy atom. The van der Waals surface area contributed by atoms with Crippen molar-refractivity contribution in [2.24, 2.45) is 0 Å². The molecule has 0 aliphatic heterocycles. The Morgan fingerprint density at radius 3 is 2.50 bits per heavy atom. The minimum absolute atomic E-state index is 0.0833. The predicted molar refractivity (Wildman–Crippen MR) is 73.5 cm³/mol. The van der Waals surface area contributed by atoms with Crippen molar-refractivity contribution in [1.29, 1.82) is 0 Å². The van der Waals surface area contributed by atoms with Gasteiger partial charge in [-0.15, -0.1) is 0 Å². The van der Waals surface area contributed by atoms with Gasteiger partial charge in [0.1, 0.15) is 5.75 Å². The van der Waals surface area contributed by atoms with E-state index in [2.05, 4.69) is 5.32 Å². The number of carbonyl (C=O) groups is 2. The fourth-order valence-corrected chi connectivity index (χ4v) is 3.21. The summed E-state index contributed by atoms with van der Waals surface area (Å²) in [7, 11) is -3.85. The van der Waals surface area contributed by atoms with E-state index in [1.165, 1.54) is 25.1 Å². The van der Waals surface area contributed by atoms with Crippen molar-refractivity contribution >= 4 is 21.7 Å². The van der Waals surface area contributed by atoms with Crippen LogP contribution in [0.3, 0.4) is 0 Å². The number of sulfone groups is 1. The Balaban J connectivity index is 3.08. The Labute approximate surface area is 117 Å². The van der Waals surface area contributed by atoms with Crippen LogP contribution in [0, 0.1) is 6.92 Å². The summed E-state index contributed by atoms with van der Waals surface area (Å²) in [6, 6.07) is 3.99. The van der Waals surface area contributed by atoms with Gasteiger partial charge in [-0.2, -0.15) is 0 Å². The van der Waals surface area contributed by atoms with Crippen LogP contribution in [0.15, 0.2) is 23.1 Å². The summed E-state index contributed by atoms with van der Waals surface area (Å²) in [4.78, 5) is 22.4. The lowest BCUT2D eigenvalue weighted by Gasteiger charge is -2.10. The molecule has 2 N–H and O–H groups in total. The smallest absolute Gasteiger partial charge is 0.335 e. The molecular formula is C13H17NO5S. The van der Waals surface area contributed by atoms with Gasteiger partial charge < -0.3 is 10.4 Å². The highest BCUT2D eigenvalue weighted by Gasteiger charge is 2.23.